The molecule has 0 bridgehead atoms. The molecule has 17 nitrogen and oxygen atoms in total. The summed E-state index contributed by atoms with van der Waals surface area (Å²) in [6.45, 7) is 9.90. The number of carbonyl (C=O) groups is 3. The quantitative estimate of drug-likeness (QED) is 0.0717. The van der Waals surface area contributed by atoms with E-state index in [9.17, 15) is 19.2 Å². The number of nitrogens with one attached hydrogen (secondary N) is 3. The first-order valence-electron chi connectivity index (χ1n) is 21.2. The number of unbranched alkanes of at least 4 members (excludes halogenated alkanes) is 4. The molecule has 0 radical (unpaired) electrons. The lowest BCUT2D eigenvalue weighted by Gasteiger charge is -2.40. The Balaban J connectivity index is 1.08. The fraction of sp³-hybridized carbons (Fsp3) is 0.659. The molecule has 0 unspecified atom stereocenters. The van der Waals surface area contributed by atoms with Gasteiger partial charge in [0, 0.05) is 26.2 Å². The Labute approximate surface area is 340 Å². The second kappa shape index (κ2) is 23.1. The highest BCUT2D eigenvalue weighted by atomic mass is 16.6. The Morgan fingerprint density at radius 2 is 1.55 bits per heavy atom. The standard InChI is InChI=1S/C41H64N10O7/c1-3-5-9-25-57-41(55)47-36-35-37(48-39(46-36)56-24-6-4-2)51(40(54)45-35)27-30-13-11-29(12-14-30)26-49-20-15-31(16-21-49)32-17-22-50(23-18-32)38(53)33(42)10-7-8-19-44-34(52)28-58-43/h11-14,31-33H,3-10,15-28,42-43H2,1-2H3,(H,44,52)(H,45,54)(H,46,47,48,55)/t33-/m0/s1. The topological polar surface area (TPSA) is 225 Å². The largest absolute Gasteiger partial charge is 0.463 e. The molecule has 2 aliphatic rings. The van der Waals surface area contributed by atoms with Gasteiger partial charge in [-0.3, -0.25) is 29.2 Å². The van der Waals surface area contributed by atoms with E-state index in [1.54, 1.807) is 0 Å². The van der Waals surface area contributed by atoms with Gasteiger partial charge in [-0.1, -0.05) is 57.4 Å². The Morgan fingerprint density at radius 3 is 2.22 bits per heavy atom. The molecule has 2 saturated heterocycles. The van der Waals surface area contributed by atoms with Crippen molar-refractivity contribution in [2.45, 2.75) is 110 Å². The predicted molar refractivity (Wildman–Crippen MR) is 221 cm³/mol. The van der Waals surface area contributed by atoms with Gasteiger partial charge in [-0.15, -0.1) is 0 Å². The number of nitrogens with two attached hydrogens (primary N) is 2. The molecule has 17 heteroatoms. The second-order valence-corrected chi connectivity index (χ2v) is 15.6. The van der Waals surface area contributed by atoms with Crippen LogP contribution in [0.5, 0.6) is 6.01 Å². The molecule has 3 amide bonds. The summed E-state index contributed by atoms with van der Waals surface area (Å²) in [6.07, 6.45) is 10.3. The number of aromatic amines is 1. The van der Waals surface area contributed by atoms with E-state index in [-0.39, 0.29) is 42.5 Å². The Bertz CT molecular complexity index is 1800. The molecule has 58 heavy (non-hydrogen) atoms. The average Bonchev–Trinajstić information content (AvgIpc) is 3.54. The van der Waals surface area contributed by atoms with E-state index in [1.807, 2.05) is 17.0 Å². The minimum atomic E-state index is -0.649. The third kappa shape index (κ3) is 13.2. The number of benzene rings is 1. The summed E-state index contributed by atoms with van der Waals surface area (Å²) in [7, 11) is 0. The lowest BCUT2D eigenvalue weighted by atomic mass is 9.78. The van der Waals surface area contributed by atoms with Gasteiger partial charge in [0.1, 0.15) is 12.1 Å². The number of rotatable bonds is 22. The molecule has 2 aromatic heterocycles. The molecular weight excluding hydrogens is 745 g/mol. The first kappa shape index (κ1) is 44.5. The fourth-order valence-corrected chi connectivity index (χ4v) is 7.84. The number of imidazole rings is 1. The van der Waals surface area contributed by atoms with Crippen LogP contribution in [0.25, 0.3) is 11.2 Å². The van der Waals surface area contributed by atoms with Crippen molar-refractivity contribution in [2.75, 3.05) is 57.9 Å². The molecule has 2 aliphatic heterocycles. The molecule has 7 N–H and O–H groups in total. The highest BCUT2D eigenvalue weighted by molar-refractivity contribution is 5.93. The highest BCUT2D eigenvalue weighted by Crippen LogP contribution is 2.33. The SMILES string of the molecule is CCCCCOC(=O)Nc1nc(OCCCC)nc2c1[nH]c(=O)n2Cc1ccc(CN2CCC(C3CCN(C(=O)[C@@H](N)CCCCNC(=O)CON)CC3)CC2)cc1. The number of aromatic nitrogens is 4. The van der Waals surface area contributed by atoms with Gasteiger partial charge in [0.05, 0.1) is 25.8 Å². The first-order valence-corrected chi connectivity index (χ1v) is 21.2. The predicted octanol–water partition coefficient (Wildman–Crippen LogP) is 4.04. The minimum absolute atomic E-state index is 0.0299. The Kier molecular flexibility index (Phi) is 17.8. The lowest BCUT2D eigenvalue weighted by Crippen LogP contribution is -2.48. The third-order valence-corrected chi connectivity index (χ3v) is 11.2. The van der Waals surface area contributed by atoms with Crippen molar-refractivity contribution in [3.05, 3.63) is 45.9 Å². The van der Waals surface area contributed by atoms with E-state index < -0.39 is 12.1 Å². The summed E-state index contributed by atoms with van der Waals surface area (Å²) in [4.78, 5) is 70.8. The van der Waals surface area contributed by atoms with E-state index in [0.717, 1.165) is 109 Å². The van der Waals surface area contributed by atoms with E-state index in [1.165, 1.54) is 10.1 Å². The summed E-state index contributed by atoms with van der Waals surface area (Å²) in [6, 6.07) is 7.89. The van der Waals surface area contributed by atoms with Crippen molar-refractivity contribution in [3.63, 3.8) is 0 Å². The van der Waals surface area contributed by atoms with E-state index in [4.69, 9.17) is 21.1 Å². The summed E-state index contributed by atoms with van der Waals surface area (Å²) in [5.74, 6) is 6.10. The molecule has 0 saturated carbocycles. The van der Waals surface area contributed by atoms with Crippen molar-refractivity contribution in [2.24, 2.45) is 23.5 Å². The molecule has 320 valence electrons. The molecule has 5 rings (SSSR count). The van der Waals surface area contributed by atoms with Crippen LogP contribution in [-0.2, 0) is 32.3 Å². The van der Waals surface area contributed by atoms with Crippen LogP contribution in [0.1, 0.15) is 102 Å². The van der Waals surface area contributed by atoms with Crippen LogP contribution in [-0.4, -0.2) is 106 Å². The summed E-state index contributed by atoms with van der Waals surface area (Å²) >= 11 is 0. The molecule has 1 atom stereocenters. The number of likely N-dealkylation sites (tertiary alicyclic amines) is 2. The zero-order chi connectivity index (χ0) is 41.3. The summed E-state index contributed by atoms with van der Waals surface area (Å²) < 4.78 is 12.7. The molecule has 2 fully saturated rings. The van der Waals surface area contributed by atoms with Crippen LogP contribution in [0.2, 0.25) is 0 Å². The number of carbonyl (C=O) groups excluding carboxylic acids is 3. The van der Waals surface area contributed by atoms with E-state index in [0.29, 0.717) is 49.2 Å². The number of ether oxygens (including phenoxy) is 2. The number of piperidine rings is 2. The molecule has 4 heterocycles. The fourth-order valence-electron chi connectivity index (χ4n) is 7.84. The summed E-state index contributed by atoms with van der Waals surface area (Å²) in [5, 5.41) is 5.40. The minimum Gasteiger partial charge on any atom is -0.463 e. The maximum absolute atomic E-state index is 13.2. The molecule has 0 aliphatic carbocycles. The summed E-state index contributed by atoms with van der Waals surface area (Å²) in [5.41, 5.74) is 8.68. The third-order valence-electron chi connectivity index (χ3n) is 11.2. The van der Waals surface area contributed by atoms with Crippen molar-refractivity contribution >= 4 is 34.9 Å². The zero-order valence-electron chi connectivity index (χ0n) is 34.3. The van der Waals surface area contributed by atoms with Gasteiger partial charge in [0.25, 0.3) is 0 Å². The van der Waals surface area contributed by atoms with Crippen LogP contribution in [0.3, 0.4) is 0 Å². The van der Waals surface area contributed by atoms with Crippen molar-refractivity contribution in [3.8, 4) is 6.01 Å². The van der Waals surface area contributed by atoms with Gasteiger partial charge in [-0.2, -0.15) is 9.97 Å². The van der Waals surface area contributed by atoms with Gasteiger partial charge in [0.15, 0.2) is 11.5 Å². The molecular formula is C41H64N10O7. The monoisotopic (exact) mass is 808 g/mol. The number of nitrogens with zero attached hydrogens (tertiary/aromatic N) is 5. The number of hydrogen-bond donors (Lipinski definition) is 5. The van der Waals surface area contributed by atoms with Crippen LogP contribution in [0.4, 0.5) is 10.6 Å². The smallest absolute Gasteiger partial charge is 0.412 e. The van der Waals surface area contributed by atoms with Crippen LogP contribution in [0, 0.1) is 11.8 Å². The normalized spacial score (nSPS) is 16.0. The van der Waals surface area contributed by atoms with Gasteiger partial charge >= 0.3 is 17.8 Å². The number of amides is 3. The first-order chi connectivity index (χ1) is 28.2. The van der Waals surface area contributed by atoms with Crippen molar-refractivity contribution in [1.29, 1.82) is 0 Å². The lowest BCUT2D eigenvalue weighted by molar-refractivity contribution is -0.134. The van der Waals surface area contributed by atoms with E-state index in [2.05, 4.69) is 61.3 Å². The van der Waals surface area contributed by atoms with Gasteiger partial charge in [-0.25, -0.2) is 15.5 Å². The number of fused-ring (bicyclic) bond motifs is 1. The van der Waals surface area contributed by atoms with Crippen molar-refractivity contribution in [1.82, 2.24) is 34.6 Å². The van der Waals surface area contributed by atoms with Gasteiger partial charge in [-0.05, 0) is 93.8 Å². The van der Waals surface area contributed by atoms with Gasteiger partial charge < -0.3 is 30.4 Å². The number of hydrogen-bond acceptors (Lipinski definition) is 12. The average molecular weight is 809 g/mol. The highest BCUT2D eigenvalue weighted by Gasteiger charge is 2.32. The molecule has 0 spiro atoms. The second-order valence-electron chi connectivity index (χ2n) is 15.6. The molecule has 3 aromatic rings. The van der Waals surface area contributed by atoms with Crippen LogP contribution >= 0.6 is 0 Å². The maximum atomic E-state index is 13.2. The zero-order valence-corrected chi connectivity index (χ0v) is 34.3. The maximum Gasteiger partial charge on any atom is 0.412 e. The van der Waals surface area contributed by atoms with Crippen LogP contribution in [0.15, 0.2) is 29.1 Å². The van der Waals surface area contributed by atoms with Gasteiger partial charge in [0.2, 0.25) is 11.8 Å². The van der Waals surface area contributed by atoms with Crippen LogP contribution < -0.4 is 32.7 Å². The number of H-pyrrole nitrogens is 1. The number of anilines is 1. The van der Waals surface area contributed by atoms with Crippen molar-refractivity contribution < 1.29 is 28.7 Å². The molecule has 1 aromatic carbocycles. The Hall–Kier alpha value is -4.58. The Morgan fingerprint density at radius 1 is 0.879 bits per heavy atom. The van der Waals surface area contributed by atoms with E-state index >= 15 is 0 Å².